The minimum absolute atomic E-state index is 0.122. The normalized spacial score (nSPS) is 10.4. The van der Waals surface area contributed by atoms with Crippen molar-refractivity contribution in [3.63, 3.8) is 0 Å². The van der Waals surface area contributed by atoms with Gasteiger partial charge in [-0.05, 0) is 12.1 Å². The molecule has 3 rings (SSSR count). The number of halogens is 1. The van der Waals surface area contributed by atoms with Crippen LogP contribution in [0.15, 0.2) is 42.7 Å². The molecule has 0 aliphatic carbocycles. The van der Waals surface area contributed by atoms with Crippen molar-refractivity contribution in [2.24, 2.45) is 0 Å². The summed E-state index contributed by atoms with van der Waals surface area (Å²) in [4.78, 5) is 20.2. The first-order valence-corrected chi connectivity index (χ1v) is 6.71. The average molecular weight is 315 g/mol. The number of rotatable bonds is 3. The molecule has 1 aromatic carbocycles. The van der Waals surface area contributed by atoms with Gasteiger partial charge in [0, 0.05) is 16.8 Å². The van der Waals surface area contributed by atoms with Crippen LogP contribution >= 0.6 is 11.6 Å². The predicted octanol–water partition coefficient (Wildman–Crippen LogP) is 2.35. The number of hydrogen-bond donors (Lipinski definition) is 3. The third kappa shape index (κ3) is 2.75. The van der Waals surface area contributed by atoms with Crippen molar-refractivity contribution in [2.75, 3.05) is 11.1 Å². The zero-order valence-corrected chi connectivity index (χ0v) is 12.0. The SMILES string of the molecule is Nc1ccnc(NC(=O)c2cn[nH]c2-c2ccccc2Cl)n1. The van der Waals surface area contributed by atoms with E-state index in [1.807, 2.05) is 12.1 Å². The number of nitrogen functional groups attached to an aromatic ring is 1. The van der Waals surface area contributed by atoms with E-state index >= 15 is 0 Å². The molecule has 7 nitrogen and oxygen atoms in total. The molecule has 2 aromatic heterocycles. The maximum atomic E-state index is 12.4. The Morgan fingerprint density at radius 3 is 2.86 bits per heavy atom. The highest BCUT2D eigenvalue weighted by Crippen LogP contribution is 2.28. The number of H-pyrrole nitrogens is 1. The summed E-state index contributed by atoms with van der Waals surface area (Å²) in [6.07, 6.45) is 2.88. The number of carbonyl (C=O) groups excluding carboxylic acids is 1. The molecule has 0 radical (unpaired) electrons. The molecule has 0 fully saturated rings. The van der Waals surface area contributed by atoms with Crippen LogP contribution in [0.4, 0.5) is 11.8 Å². The van der Waals surface area contributed by atoms with Gasteiger partial charge < -0.3 is 5.73 Å². The van der Waals surface area contributed by atoms with Crippen LogP contribution in [-0.2, 0) is 0 Å². The fourth-order valence-electron chi connectivity index (χ4n) is 1.93. The van der Waals surface area contributed by atoms with E-state index in [-0.39, 0.29) is 11.8 Å². The van der Waals surface area contributed by atoms with Gasteiger partial charge in [0.05, 0.1) is 17.5 Å². The van der Waals surface area contributed by atoms with Gasteiger partial charge in [-0.15, -0.1) is 0 Å². The summed E-state index contributed by atoms with van der Waals surface area (Å²) < 4.78 is 0. The molecule has 8 heteroatoms. The first-order valence-electron chi connectivity index (χ1n) is 6.33. The number of aromatic nitrogens is 4. The number of nitrogens with one attached hydrogen (secondary N) is 2. The molecule has 22 heavy (non-hydrogen) atoms. The van der Waals surface area contributed by atoms with Gasteiger partial charge >= 0.3 is 0 Å². The Bertz CT molecular complexity index is 831. The van der Waals surface area contributed by atoms with Crippen molar-refractivity contribution in [1.82, 2.24) is 20.2 Å². The molecule has 0 spiro atoms. The third-order valence-corrected chi connectivity index (χ3v) is 3.26. The maximum absolute atomic E-state index is 12.4. The smallest absolute Gasteiger partial charge is 0.261 e. The fraction of sp³-hybridized carbons (Fsp3) is 0. The van der Waals surface area contributed by atoms with Gasteiger partial charge in [0.2, 0.25) is 5.95 Å². The topological polar surface area (TPSA) is 110 Å². The molecule has 0 aliphatic heterocycles. The van der Waals surface area contributed by atoms with E-state index in [0.717, 1.165) is 0 Å². The van der Waals surface area contributed by atoms with E-state index in [1.165, 1.54) is 18.5 Å². The van der Waals surface area contributed by atoms with E-state index in [4.69, 9.17) is 17.3 Å². The lowest BCUT2D eigenvalue weighted by Gasteiger charge is -2.06. The summed E-state index contributed by atoms with van der Waals surface area (Å²) in [6.45, 7) is 0. The molecule has 3 aromatic rings. The first-order chi connectivity index (χ1) is 10.6. The highest BCUT2D eigenvalue weighted by Gasteiger charge is 2.17. The second kappa shape index (κ2) is 5.82. The summed E-state index contributed by atoms with van der Waals surface area (Å²) in [5, 5.41) is 9.78. The minimum atomic E-state index is -0.408. The maximum Gasteiger partial charge on any atom is 0.261 e. The van der Waals surface area contributed by atoms with Crippen LogP contribution in [0.1, 0.15) is 10.4 Å². The van der Waals surface area contributed by atoms with Crippen LogP contribution in [0.3, 0.4) is 0 Å². The van der Waals surface area contributed by atoms with Crippen molar-refractivity contribution < 1.29 is 4.79 Å². The van der Waals surface area contributed by atoms with Gasteiger partial charge in [-0.2, -0.15) is 10.1 Å². The van der Waals surface area contributed by atoms with Crippen LogP contribution in [0, 0.1) is 0 Å². The van der Waals surface area contributed by atoms with Crippen LogP contribution in [0.5, 0.6) is 0 Å². The van der Waals surface area contributed by atoms with Crippen molar-refractivity contribution in [2.45, 2.75) is 0 Å². The molecular formula is C14H11ClN6O. The molecule has 0 bridgehead atoms. The van der Waals surface area contributed by atoms with E-state index in [9.17, 15) is 4.79 Å². The molecule has 0 saturated heterocycles. The van der Waals surface area contributed by atoms with Gasteiger partial charge in [0.15, 0.2) is 0 Å². The van der Waals surface area contributed by atoms with Crippen LogP contribution in [0.2, 0.25) is 5.02 Å². The van der Waals surface area contributed by atoms with Crippen LogP contribution in [-0.4, -0.2) is 26.1 Å². The molecule has 110 valence electrons. The highest BCUT2D eigenvalue weighted by molar-refractivity contribution is 6.33. The number of benzene rings is 1. The largest absolute Gasteiger partial charge is 0.384 e. The Balaban J connectivity index is 1.92. The number of carbonyl (C=O) groups is 1. The van der Waals surface area contributed by atoms with E-state index in [0.29, 0.717) is 21.8 Å². The van der Waals surface area contributed by atoms with E-state index in [2.05, 4.69) is 25.5 Å². The van der Waals surface area contributed by atoms with Crippen molar-refractivity contribution >= 4 is 29.3 Å². The monoisotopic (exact) mass is 314 g/mol. The van der Waals surface area contributed by atoms with Gasteiger partial charge in [-0.1, -0.05) is 29.8 Å². The molecule has 0 saturated carbocycles. The summed E-state index contributed by atoms with van der Waals surface area (Å²) in [6, 6.07) is 8.69. The van der Waals surface area contributed by atoms with Crippen molar-refractivity contribution in [1.29, 1.82) is 0 Å². The quantitative estimate of drug-likeness (QED) is 0.687. The minimum Gasteiger partial charge on any atom is -0.384 e. The average Bonchev–Trinajstić information content (AvgIpc) is 2.97. The van der Waals surface area contributed by atoms with Crippen molar-refractivity contribution in [3.05, 3.63) is 53.3 Å². The molecule has 1 amide bonds. The Morgan fingerprint density at radius 1 is 1.27 bits per heavy atom. The van der Waals surface area contributed by atoms with E-state index < -0.39 is 5.91 Å². The Hall–Kier alpha value is -2.93. The van der Waals surface area contributed by atoms with E-state index in [1.54, 1.807) is 12.1 Å². The fourth-order valence-corrected chi connectivity index (χ4v) is 2.16. The van der Waals surface area contributed by atoms with Crippen LogP contribution < -0.4 is 11.1 Å². The number of aromatic amines is 1. The lowest BCUT2D eigenvalue weighted by Crippen LogP contribution is -2.15. The molecule has 0 aliphatic rings. The zero-order valence-electron chi connectivity index (χ0n) is 11.2. The molecule has 0 unspecified atom stereocenters. The second-order valence-electron chi connectivity index (χ2n) is 4.40. The number of amides is 1. The molecule has 2 heterocycles. The highest BCUT2D eigenvalue weighted by atomic mass is 35.5. The molecule has 4 N–H and O–H groups in total. The lowest BCUT2D eigenvalue weighted by atomic mass is 10.1. The summed E-state index contributed by atoms with van der Waals surface area (Å²) in [5.74, 6) is -0.0191. The number of anilines is 2. The molecular weight excluding hydrogens is 304 g/mol. The zero-order chi connectivity index (χ0) is 15.5. The standard InChI is InChI=1S/C14H11ClN6O/c15-10-4-2-1-3-8(10)12-9(7-18-21-12)13(22)20-14-17-6-5-11(16)19-14/h1-7H,(H,18,21)(H3,16,17,19,20,22). The lowest BCUT2D eigenvalue weighted by molar-refractivity contribution is 0.102. The van der Waals surface area contributed by atoms with Gasteiger partial charge in [0.1, 0.15) is 5.82 Å². The van der Waals surface area contributed by atoms with Gasteiger partial charge in [0.25, 0.3) is 5.91 Å². The summed E-state index contributed by atoms with van der Waals surface area (Å²) in [7, 11) is 0. The Morgan fingerprint density at radius 2 is 2.09 bits per heavy atom. The molecule has 0 atom stereocenters. The first kappa shape index (κ1) is 14.0. The van der Waals surface area contributed by atoms with Crippen LogP contribution in [0.25, 0.3) is 11.3 Å². The third-order valence-electron chi connectivity index (χ3n) is 2.93. The van der Waals surface area contributed by atoms with Crippen molar-refractivity contribution in [3.8, 4) is 11.3 Å². The second-order valence-corrected chi connectivity index (χ2v) is 4.80. The number of hydrogen-bond acceptors (Lipinski definition) is 5. The summed E-state index contributed by atoms with van der Waals surface area (Å²) in [5.41, 5.74) is 7.09. The number of nitrogens with zero attached hydrogens (tertiary/aromatic N) is 3. The summed E-state index contributed by atoms with van der Waals surface area (Å²) >= 11 is 6.15. The number of nitrogens with two attached hydrogens (primary N) is 1. The van der Waals surface area contributed by atoms with Gasteiger partial charge in [-0.3, -0.25) is 15.2 Å². The van der Waals surface area contributed by atoms with Gasteiger partial charge in [-0.25, -0.2) is 4.98 Å². The Labute approximate surface area is 130 Å². The predicted molar refractivity (Wildman–Crippen MR) is 83.4 cm³/mol. The Kier molecular flexibility index (Phi) is 3.71.